The van der Waals surface area contributed by atoms with Crippen molar-refractivity contribution in [2.75, 3.05) is 19.3 Å². The molecule has 0 saturated heterocycles. The van der Waals surface area contributed by atoms with E-state index in [1.54, 1.807) is 0 Å². The summed E-state index contributed by atoms with van der Waals surface area (Å²) in [5, 5.41) is 5.99. The van der Waals surface area contributed by atoms with Crippen molar-refractivity contribution >= 4 is 16.8 Å². The summed E-state index contributed by atoms with van der Waals surface area (Å²) in [6, 6.07) is 0.122. The summed E-state index contributed by atoms with van der Waals surface area (Å²) in [4.78, 5) is 3.94. The number of hydrogen-bond acceptors (Lipinski definition) is 2. The van der Waals surface area contributed by atoms with Crippen LogP contribution in [-0.2, 0) is 10.8 Å². The highest BCUT2D eigenvalue weighted by atomic mass is 32.2. The van der Waals surface area contributed by atoms with Gasteiger partial charge < -0.3 is 10.6 Å². The van der Waals surface area contributed by atoms with Gasteiger partial charge in [0, 0.05) is 41.4 Å². The lowest BCUT2D eigenvalue weighted by molar-refractivity contribution is -0.132. The van der Waals surface area contributed by atoms with Crippen molar-refractivity contribution in [1.82, 2.24) is 10.6 Å². The van der Waals surface area contributed by atoms with Crippen LogP contribution in [0.25, 0.3) is 0 Å². The molecule has 0 heterocycles. The van der Waals surface area contributed by atoms with Crippen molar-refractivity contribution in [3.8, 4) is 0 Å². The highest BCUT2D eigenvalue weighted by molar-refractivity contribution is 7.85. The van der Waals surface area contributed by atoms with E-state index in [0.717, 1.165) is 25.7 Å². The molecule has 0 aromatic carbocycles. The molecule has 8 heteroatoms. The fraction of sp³-hybridized carbons (Fsp3) is 0.923. The van der Waals surface area contributed by atoms with Crippen LogP contribution in [0.2, 0.25) is 0 Å². The Balaban J connectivity index is 2.41. The summed E-state index contributed by atoms with van der Waals surface area (Å²) < 4.78 is 48.2. The normalized spacial score (nSPS) is 25.5. The van der Waals surface area contributed by atoms with Crippen LogP contribution in [0.5, 0.6) is 0 Å². The highest BCUT2D eigenvalue weighted by Crippen LogP contribution is 2.23. The summed E-state index contributed by atoms with van der Waals surface area (Å²) >= 11 is 0. The van der Waals surface area contributed by atoms with Crippen LogP contribution >= 0.6 is 0 Å². The second-order valence-electron chi connectivity index (χ2n) is 5.16. The maximum Gasteiger partial charge on any atom is 0.390 e. The fourth-order valence-corrected chi connectivity index (χ4v) is 3.81. The number of halogens is 3. The molecule has 124 valence electrons. The molecule has 1 aliphatic rings. The van der Waals surface area contributed by atoms with E-state index in [1.165, 1.54) is 7.05 Å². The molecule has 2 N–H and O–H groups in total. The Morgan fingerprint density at radius 1 is 1.38 bits per heavy atom. The van der Waals surface area contributed by atoms with E-state index >= 15 is 0 Å². The SMILES string of the molecule is CCS(=O)C1CCCC(NC(=NC)NCCC(F)(F)F)C1. The minimum absolute atomic E-state index is 0.122. The number of rotatable bonds is 5. The van der Waals surface area contributed by atoms with Crippen LogP contribution in [0.4, 0.5) is 13.2 Å². The van der Waals surface area contributed by atoms with Crippen LogP contribution in [0, 0.1) is 0 Å². The molecule has 0 aromatic rings. The van der Waals surface area contributed by atoms with E-state index in [1.807, 2.05) is 6.92 Å². The Bertz CT molecular complexity index is 374. The van der Waals surface area contributed by atoms with Gasteiger partial charge in [-0.1, -0.05) is 13.3 Å². The minimum Gasteiger partial charge on any atom is -0.356 e. The monoisotopic (exact) mass is 327 g/mol. The summed E-state index contributed by atoms with van der Waals surface area (Å²) in [6.45, 7) is 1.71. The summed E-state index contributed by atoms with van der Waals surface area (Å²) in [5.74, 6) is 1.03. The highest BCUT2D eigenvalue weighted by Gasteiger charge is 2.28. The van der Waals surface area contributed by atoms with Crippen LogP contribution < -0.4 is 10.6 Å². The number of guanidine groups is 1. The second kappa shape index (κ2) is 8.60. The minimum atomic E-state index is -4.17. The third-order valence-corrected chi connectivity index (χ3v) is 5.29. The smallest absolute Gasteiger partial charge is 0.356 e. The molecule has 1 aliphatic carbocycles. The maximum absolute atomic E-state index is 12.1. The van der Waals surface area contributed by atoms with Crippen molar-refractivity contribution in [2.45, 2.75) is 56.5 Å². The van der Waals surface area contributed by atoms with Crippen molar-refractivity contribution in [2.24, 2.45) is 4.99 Å². The first-order valence-electron chi connectivity index (χ1n) is 7.26. The second-order valence-corrected chi connectivity index (χ2v) is 7.17. The molecule has 1 saturated carbocycles. The lowest BCUT2D eigenvalue weighted by Gasteiger charge is -2.30. The van der Waals surface area contributed by atoms with E-state index in [2.05, 4.69) is 15.6 Å². The molecule has 0 spiro atoms. The Hall–Kier alpha value is -0.790. The van der Waals surface area contributed by atoms with Gasteiger partial charge >= 0.3 is 6.18 Å². The molecule has 0 radical (unpaired) electrons. The number of nitrogens with one attached hydrogen (secondary N) is 2. The van der Waals surface area contributed by atoms with Gasteiger partial charge in [-0.3, -0.25) is 9.20 Å². The Morgan fingerprint density at radius 2 is 2.10 bits per heavy atom. The molecule has 0 amide bonds. The Kier molecular flexibility index (Phi) is 7.48. The predicted molar refractivity (Wildman–Crippen MR) is 79.9 cm³/mol. The third-order valence-electron chi connectivity index (χ3n) is 3.55. The van der Waals surface area contributed by atoms with Crippen LogP contribution in [0.1, 0.15) is 39.0 Å². The van der Waals surface area contributed by atoms with E-state index in [-0.39, 0.29) is 17.8 Å². The van der Waals surface area contributed by atoms with Gasteiger partial charge in [0.1, 0.15) is 0 Å². The first-order chi connectivity index (χ1) is 9.85. The van der Waals surface area contributed by atoms with Crippen molar-refractivity contribution in [3.63, 3.8) is 0 Å². The molecule has 3 atom stereocenters. The average molecular weight is 327 g/mol. The van der Waals surface area contributed by atoms with Crippen LogP contribution in [0.3, 0.4) is 0 Å². The molecular formula is C13H24F3N3OS. The lowest BCUT2D eigenvalue weighted by atomic mass is 9.95. The van der Waals surface area contributed by atoms with Crippen molar-refractivity contribution in [1.29, 1.82) is 0 Å². The van der Waals surface area contributed by atoms with Gasteiger partial charge in [0.25, 0.3) is 0 Å². The zero-order valence-corrected chi connectivity index (χ0v) is 13.3. The first kappa shape index (κ1) is 18.3. The molecule has 0 aliphatic heterocycles. The molecule has 3 unspecified atom stereocenters. The van der Waals surface area contributed by atoms with Gasteiger partial charge in [0.15, 0.2) is 5.96 Å². The molecule has 1 rings (SSSR count). The molecule has 0 bridgehead atoms. The number of alkyl halides is 3. The lowest BCUT2D eigenvalue weighted by Crippen LogP contribution is -2.47. The summed E-state index contributed by atoms with van der Waals surface area (Å²) in [5.41, 5.74) is 0. The summed E-state index contributed by atoms with van der Waals surface area (Å²) in [7, 11) is 0.718. The number of nitrogens with zero attached hydrogens (tertiary/aromatic N) is 1. The molecular weight excluding hydrogens is 303 g/mol. The largest absolute Gasteiger partial charge is 0.390 e. The van der Waals surface area contributed by atoms with Gasteiger partial charge in [-0.25, -0.2) is 0 Å². The molecule has 1 fully saturated rings. The van der Waals surface area contributed by atoms with Crippen molar-refractivity contribution in [3.05, 3.63) is 0 Å². The summed E-state index contributed by atoms with van der Waals surface area (Å²) in [6.07, 6.45) is -1.41. The fourth-order valence-electron chi connectivity index (χ4n) is 2.46. The van der Waals surface area contributed by atoms with E-state index in [9.17, 15) is 17.4 Å². The van der Waals surface area contributed by atoms with Gasteiger partial charge in [-0.2, -0.15) is 13.2 Å². The number of aliphatic imine (C=N–C) groups is 1. The average Bonchev–Trinajstić information content (AvgIpc) is 2.44. The predicted octanol–water partition coefficient (Wildman–Crippen LogP) is 2.18. The molecule has 21 heavy (non-hydrogen) atoms. The topological polar surface area (TPSA) is 53.5 Å². The van der Waals surface area contributed by atoms with E-state index in [0.29, 0.717) is 11.7 Å². The quantitative estimate of drug-likeness (QED) is 0.601. The van der Waals surface area contributed by atoms with Crippen molar-refractivity contribution < 1.29 is 17.4 Å². The third kappa shape index (κ3) is 7.15. The van der Waals surface area contributed by atoms with Gasteiger partial charge in [0.05, 0.1) is 6.42 Å². The van der Waals surface area contributed by atoms with E-state index < -0.39 is 23.4 Å². The molecule has 4 nitrogen and oxygen atoms in total. The zero-order valence-electron chi connectivity index (χ0n) is 12.5. The Morgan fingerprint density at radius 3 is 2.67 bits per heavy atom. The Labute approximate surface area is 126 Å². The van der Waals surface area contributed by atoms with Crippen LogP contribution in [-0.4, -0.2) is 47.0 Å². The molecule has 0 aromatic heterocycles. The first-order valence-corrected chi connectivity index (χ1v) is 8.65. The van der Waals surface area contributed by atoms with Gasteiger partial charge in [-0.05, 0) is 19.3 Å². The van der Waals surface area contributed by atoms with Crippen LogP contribution in [0.15, 0.2) is 4.99 Å². The van der Waals surface area contributed by atoms with E-state index in [4.69, 9.17) is 0 Å². The number of hydrogen-bond donors (Lipinski definition) is 2. The zero-order chi connectivity index (χ0) is 15.9. The van der Waals surface area contributed by atoms with Gasteiger partial charge in [0.2, 0.25) is 0 Å². The van der Waals surface area contributed by atoms with Gasteiger partial charge in [-0.15, -0.1) is 0 Å². The maximum atomic E-state index is 12.1. The standard InChI is InChI=1S/C13H24F3N3OS/c1-3-21(20)11-6-4-5-10(9-11)19-12(17-2)18-8-7-13(14,15)16/h10-11H,3-9H2,1-2H3,(H2,17,18,19).